The third kappa shape index (κ3) is 11.7. The summed E-state index contributed by atoms with van der Waals surface area (Å²) in [7, 11) is -3.94. The molecule has 0 aromatic rings. The van der Waals surface area contributed by atoms with E-state index in [0.29, 0.717) is 6.42 Å². The Balaban J connectivity index is 4.10. The van der Waals surface area contributed by atoms with Gasteiger partial charge in [0.15, 0.2) is 0 Å². The molecule has 3 nitrogen and oxygen atoms in total. The van der Waals surface area contributed by atoms with Gasteiger partial charge in [-0.1, -0.05) is 41.9 Å². The highest BCUT2D eigenvalue weighted by atomic mass is 31.2. The zero-order chi connectivity index (χ0) is 16.5. The van der Waals surface area contributed by atoms with Crippen molar-refractivity contribution in [3.63, 3.8) is 0 Å². The molecule has 0 amide bonds. The second kappa shape index (κ2) is 10.2. The molecule has 0 bridgehead atoms. The summed E-state index contributed by atoms with van der Waals surface area (Å²) in [4.78, 5) is 18.1. The van der Waals surface area contributed by atoms with Crippen LogP contribution in [0.1, 0.15) is 66.7 Å². The standard InChI is InChI=1S/C17H31O3P/c1-14(2)8-6-9-15(3)10-7-11-16(4)12-13-17(5)21(18,19)20/h8,10,12,17H,6-7,9,11,13H2,1-5H3,(H2,18,19,20)/b15-10+,16-12+. The van der Waals surface area contributed by atoms with Gasteiger partial charge in [-0.2, -0.15) is 0 Å². The van der Waals surface area contributed by atoms with Crippen molar-refractivity contribution in [3.05, 3.63) is 34.9 Å². The Hall–Kier alpha value is -0.630. The fourth-order valence-electron chi connectivity index (χ4n) is 1.85. The van der Waals surface area contributed by atoms with E-state index in [1.54, 1.807) is 6.92 Å². The Kier molecular flexibility index (Phi) is 9.85. The van der Waals surface area contributed by atoms with Crippen LogP contribution in [0, 0.1) is 0 Å². The van der Waals surface area contributed by atoms with Gasteiger partial charge in [0.1, 0.15) is 0 Å². The minimum Gasteiger partial charge on any atom is -0.324 e. The molecule has 0 aromatic heterocycles. The van der Waals surface area contributed by atoms with Crippen LogP contribution in [0.5, 0.6) is 0 Å². The lowest BCUT2D eigenvalue weighted by Crippen LogP contribution is -2.01. The van der Waals surface area contributed by atoms with Gasteiger partial charge < -0.3 is 9.79 Å². The Labute approximate surface area is 130 Å². The first-order chi connectivity index (χ1) is 9.62. The van der Waals surface area contributed by atoms with E-state index in [-0.39, 0.29) is 0 Å². The van der Waals surface area contributed by atoms with E-state index < -0.39 is 13.3 Å². The number of hydrogen-bond donors (Lipinski definition) is 2. The minimum atomic E-state index is -3.94. The summed E-state index contributed by atoms with van der Waals surface area (Å²) in [5.41, 5.74) is 3.38. The lowest BCUT2D eigenvalue weighted by Gasteiger charge is -2.11. The van der Waals surface area contributed by atoms with Gasteiger partial charge in [0.25, 0.3) is 0 Å². The van der Waals surface area contributed by atoms with Crippen LogP contribution in [0.2, 0.25) is 0 Å². The maximum Gasteiger partial charge on any atom is 0.328 e. The van der Waals surface area contributed by atoms with Crippen molar-refractivity contribution >= 4 is 7.60 Å². The van der Waals surface area contributed by atoms with E-state index in [1.807, 2.05) is 13.0 Å². The molecule has 21 heavy (non-hydrogen) atoms. The summed E-state index contributed by atoms with van der Waals surface area (Å²) in [5, 5.41) is 0. The molecule has 0 rings (SSSR count). The third-order valence-corrected chi connectivity index (χ3v) is 4.86. The molecule has 0 aliphatic rings. The molecule has 0 fully saturated rings. The van der Waals surface area contributed by atoms with Crippen LogP contribution in [0.3, 0.4) is 0 Å². The topological polar surface area (TPSA) is 57.5 Å². The maximum absolute atomic E-state index is 11.0. The van der Waals surface area contributed by atoms with Gasteiger partial charge in [0.05, 0.1) is 5.66 Å². The van der Waals surface area contributed by atoms with E-state index in [2.05, 4.69) is 32.9 Å². The van der Waals surface area contributed by atoms with Crippen molar-refractivity contribution in [1.29, 1.82) is 0 Å². The first kappa shape index (κ1) is 20.4. The van der Waals surface area contributed by atoms with Crippen molar-refractivity contribution in [3.8, 4) is 0 Å². The molecule has 0 radical (unpaired) electrons. The van der Waals surface area contributed by atoms with Gasteiger partial charge in [-0.15, -0.1) is 0 Å². The van der Waals surface area contributed by atoms with Crippen LogP contribution in [-0.2, 0) is 4.57 Å². The van der Waals surface area contributed by atoms with Gasteiger partial charge in [0.2, 0.25) is 0 Å². The molecule has 0 heterocycles. The van der Waals surface area contributed by atoms with E-state index in [0.717, 1.165) is 25.7 Å². The molecule has 122 valence electrons. The van der Waals surface area contributed by atoms with Crippen LogP contribution in [-0.4, -0.2) is 15.4 Å². The smallest absolute Gasteiger partial charge is 0.324 e. The first-order valence-electron chi connectivity index (χ1n) is 7.62. The number of allylic oxidation sites excluding steroid dienone is 6. The van der Waals surface area contributed by atoms with Gasteiger partial charge in [-0.25, -0.2) is 0 Å². The Morgan fingerprint density at radius 2 is 1.43 bits per heavy atom. The average Bonchev–Trinajstić information content (AvgIpc) is 2.34. The first-order valence-corrected chi connectivity index (χ1v) is 9.31. The zero-order valence-corrected chi connectivity index (χ0v) is 15.0. The minimum absolute atomic E-state index is 0.444. The molecule has 0 aliphatic heterocycles. The van der Waals surface area contributed by atoms with E-state index in [1.165, 1.54) is 16.7 Å². The highest BCUT2D eigenvalue weighted by Crippen LogP contribution is 2.42. The van der Waals surface area contributed by atoms with Crippen molar-refractivity contribution in [2.45, 2.75) is 72.4 Å². The number of rotatable bonds is 9. The average molecular weight is 314 g/mol. The van der Waals surface area contributed by atoms with Gasteiger partial charge in [0, 0.05) is 0 Å². The number of hydrogen-bond acceptors (Lipinski definition) is 1. The Morgan fingerprint density at radius 1 is 0.952 bits per heavy atom. The highest BCUT2D eigenvalue weighted by molar-refractivity contribution is 7.52. The van der Waals surface area contributed by atoms with E-state index >= 15 is 0 Å². The second-order valence-corrected chi connectivity index (χ2v) is 8.19. The third-order valence-electron chi connectivity index (χ3n) is 3.50. The quantitative estimate of drug-likeness (QED) is 0.445. The van der Waals surface area contributed by atoms with Crippen molar-refractivity contribution in [2.24, 2.45) is 0 Å². The molecular formula is C17H31O3P. The molecular weight excluding hydrogens is 283 g/mol. The summed E-state index contributed by atoms with van der Waals surface area (Å²) in [5.74, 6) is 0. The van der Waals surface area contributed by atoms with Crippen molar-refractivity contribution in [2.75, 3.05) is 0 Å². The maximum atomic E-state index is 11.0. The summed E-state index contributed by atoms with van der Waals surface area (Å²) >= 11 is 0. The molecule has 1 atom stereocenters. The highest BCUT2D eigenvalue weighted by Gasteiger charge is 2.22. The van der Waals surface area contributed by atoms with Gasteiger partial charge >= 0.3 is 7.60 Å². The molecule has 2 N–H and O–H groups in total. The predicted molar refractivity (Wildman–Crippen MR) is 91.5 cm³/mol. The van der Waals surface area contributed by atoms with Crippen LogP contribution in [0.15, 0.2) is 34.9 Å². The van der Waals surface area contributed by atoms with Crippen LogP contribution in [0.25, 0.3) is 0 Å². The SMILES string of the molecule is CC(C)=CCC/C(C)=C/CC/C(C)=C/CC(C)P(=O)(O)O. The molecule has 0 aromatic carbocycles. The molecule has 4 heteroatoms. The normalized spacial score (nSPS) is 15.0. The van der Waals surface area contributed by atoms with Gasteiger partial charge in [-0.3, -0.25) is 4.57 Å². The predicted octanol–water partition coefficient (Wildman–Crippen LogP) is 5.36. The monoisotopic (exact) mass is 314 g/mol. The summed E-state index contributed by atoms with van der Waals surface area (Å²) in [6.45, 7) is 10.0. The van der Waals surface area contributed by atoms with Crippen LogP contribution < -0.4 is 0 Å². The summed E-state index contributed by atoms with van der Waals surface area (Å²) in [6.07, 6.45) is 11.1. The fraction of sp³-hybridized carbons (Fsp3) is 0.647. The van der Waals surface area contributed by atoms with Crippen molar-refractivity contribution in [1.82, 2.24) is 0 Å². The zero-order valence-electron chi connectivity index (χ0n) is 14.1. The molecule has 0 aliphatic carbocycles. The van der Waals surface area contributed by atoms with Crippen LogP contribution in [0.4, 0.5) is 0 Å². The lowest BCUT2D eigenvalue weighted by molar-refractivity contribution is 0.360. The van der Waals surface area contributed by atoms with Gasteiger partial charge in [-0.05, 0) is 59.8 Å². The summed E-state index contributed by atoms with van der Waals surface area (Å²) < 4.78 is 11.0. The Bertz CT molecular complexity index is 437. The second-order valence-electron chi connectivity index (χ2n) is 6.13. The largest absolute Gasteiger partial charge is 0.328 e. The van der Waals surface area contributed by atoms with Crippen molar-refractivity contribution < 1.29 is 14.4 Å². The van der Waals surface area contributed by atoms with E-state index in [4.69, 9.17) is 9.79 Å². The Morgan fingerprint density at radius 3 is 1.90 bits per heavy atom. The van der Waals surface area contributed by atoms with E-state index in [9.17, 15) is 4.57 Å². The molecule has 1 unspecified atom stereocenters. The molecule has 0 saturated heterocycles. The van der Waals surface area contributed by atoms with Crippen LogP contribution >= 0.6 is 7.60 Å². The molecule has 0 saturated carbocycles. The summed E-state index contributed by atoms with van der Waals surface area (Å²) in [6, 6.07) is 0. The molecule has 0 spiro atoms. The fourth-order valence-corrected chi connectivity index (χ4v) is 2.23. The lowest BCUT2D eigenvalue weighted by atomic mass is 10.1.